The van der Waals surface area contributed by atoms with Crippen molar-refractivity contribution in [3.8, 4) is 11.1 Å². The van der Waals surface area contributed by atoms with E-state index in [1.165, 1.54) is 0 Å². The summed E-state index contributed by atoms with van der Waals surface area (Å²) in [5.41, 5.74) is 4.75. The van der Waals surface area contributed by atoms with Crippen LogP contribution < -0.4 is 10.5 Å². The molecule has 1 aliphatic rings. The molecule has 0 saturated carbocycles. The van der Waals surface area contributed by atoms with Crippen LogP contribution in [0.3, 0.4) is 0 Å². The van der Waals surface area contributed by atoms with Gasteiger partial charge in [-0.25, -0.2) is 13.8 Å². The number of aryl methyl sites for hydroxylation is 2. The standard InChI is InChI=1S/C23H20F2N6O/c1-13-7-20-28-19(22(24)25)9-21(32)31(20)29-23(13)30-6-5-18-17(12-30)8-16(11-27-18)15-4-3-14(2)26-10-15/h3-4,7-11,22H,5-6,12H2,1-2H3. The molecule has 0 radical (unpaired) electrons. The molecule has 9 heteroatoms. The summed E-state index contributed by atoms with van der Waals surface area (Å²) < 4.78 is 27.1. The number of anilines is 1. The monoisotopic (exact) mass is 434 g/mol. The van der Waals surface area contributed by atoms with Crippen LogP contribution in [0, 0.1) is 13.8 Å². The molecule has 0 unspecified atom stereocenters. The van der Waals surface area contributed by atoms with Crippen LogP contribution in [-0.4, -0.2) is 31.1 Å². The van der Waals surface area contributed by atoms with E-state index in [0.29, 0.717) is 18.9 Å². The fraction of sp³-hybridized carbons (Fsp3) is 0.261. The van der Waals surface area contributed by atoms with Gasteiger partial charge in [0.05, 0.1) is 0 Å². The van der Waals surface area contributed by atoms with Crippen LogP contribution >= 0.6 is 0 Å². The topological polar surface area (TPSA) is 76.3 Å². The van der Waals surface area contributed by atoms with Crippen molar-refractivity contribution >= 4 is 11.5 Å². The normalized spacial score (nSPS) is 13.6. The van der Waals surface area contributed by atoms with Crippen molar-refractivity contribution in [3.05, 3.63) is 81.3 Å². The summed E-state index contributed by atoms with van der Waals surface area (Å²) in [5, 5.41) is 4.45. The third-order valence-corrected chi connectivity index (χ3v) is 5.64. The molecular weight excluding hydrogens is 414 g/mol. The van der Waals surface area contributed by atoms with Crippen LogP contribution in [0.5, 0.6) is 0 Å². The number of aromatic nitrogens is 5. The lowest BCUT2D eigenvalue weighted by Crippen LogP contribution is -2.33. The number of pyridine rings is 2. The Morgan fingerprint density at radius 3 is 2.59 bits per heavy atom. The Hall–Kier alpha value is -3.75. The van der Waals surface area contributed by atoms with Gasteiger partial charge in [0, 0.05) is 60.5 Å². The molecule has 5 heterocycles. The van der Waals surface area contributed by atoms with E-state index < -0.39 is 17.7 Å². The van der Waals surface area contributed by atoms with Crippen LogP contribution in [0.1, 0.15) is 34.6 Å². The molecular formula is C23H20F2N6O. The zero-order valence-electron chi connectivity index (χ0n) is 17.6. The van der Waals surface area contributed by atoms with Gasteiger partial charge in [-0.1, -0.05) is 6.07 Å². The summed E-state index contributed by atoms with van der Waals surface area (Å²) in [7, 11) is 0. The maximum absolute atomic E-state index is 13.0. The van der Waals surface area contributed by atoms with Crippen molar-refractivity contribution in [2.45, 2.75) is 33.2 Å². The van der Waals surface area contributed by atoms with Crippen molar-refractivity contribution in [2.75, 3.05) is 11.4 Å². The molecule has 0 bridgehead atoms. The molecule has 0 atom stereocenters. The fourth-order valence-corrected chi connectivity index (χ4v) is 3.97. The summed E-state index contributed by atoms with van der Waals surface area (Å²) in [4.78, 5) is 27.3. The molecule has 1 aliphatic heterocycles. The van der Waals surface area contributed by atoms with E-state index in [1.54, 1.807) is 6.07 Å². The summed E-state index contributed by atoms with van der Waals surface area (Å²) in [5.74, 6) is 0.624. The van der Waals surface area contributed by atoms with Gasteiger partial charge in [-0.05, 0) is 43.2 Å². The van der Waals surface area contributed by atoms with Gasteiger partial charge in [0.25, 0.3) is 12.0 Å². The SMILES string of the molecule is Cc1ccc(-c2cnc3c(c2)CN(c2nn4c(=O)cc(C(F)F)nc4cc2C)CC3)cn1. The maximum Gasteiger partial charge on any atom is 0.280 e. The predicted octanol–water partition coefficient (Wildman–Crippen LogP) is 3.66. The lowest BCUT2D eigenvalue weighted by molar-refractivity contribution is 0.146. The molecule has 0 spiro atoms. The number of nitrogens with zero attached hydrogens (tertiary/aromatic N) is 6. The Kier molecular flexibility index (Phi) is 4.88. The molecule has 0 aliphatic carbocycles. The Morgan fingerprint density at radius 1 is 1.03 bits per heavy atom. The van der Waals surface area contributed by atoms with E-state index in [0.717, 1.165) is 50.6 Å². The van der Waals surface area contributed by atoms with E-state index in [4.69, 9.17) is 0 Å². The third kappa shape index (κ3) is 3.59. The number of hydrogen-bond donors (Lipinski definition) is 0. The molecule has 4 aromatic rings. The first kappa shape index (κ1) is 20.2. The highest BCUT2D eigenvalue weighted by molar-refractivity contribution is 5.63. The van der Waals surface area contributed by atoms with Gasteiger partial charge in [0.1, 0.15) is 5.69 Å². The van der Waals surface area contributed by atoms with Gasteiger partial charge in [-0.3, -0.25) is 14.8 Å². The molecule has 7 nitrogen and oxygen atoms in total. The number of halogens is 2. The predicted molar refractivity (Wildman–Crippen MR) is 116 cm³/mol. The highest BCUT2D eigenvalue weighted by atomic mass is 19.3. The highest BCUT2D eigenvalue weighted by Gasteiger charge is 2.22. The quantitative estimate of drug-likeness (QED) is 0.490. The first-order chi connectivity index (χ1) is 15.4. The van der Waals surface area contributed by atoms with E-state index in [2.05, 4.69) is 31.0 Å². The van der Waals surface area contributed by atoms with E-state index >= 15 is 0 Å². The maximum atomic E-state index is 13.0. The minimum atomic E-state index is -2.81. The molecule has 0 aromatic carbocycles. The zero-order chi connectivity index (χ0) is 22.4. The molecule has 4 aromatic heterocycles. The van der Waals surface area contributed by atoms with E-state index in [9.17, 15) is 13.6 Å². The fourth-order valence-electron chi connectivity index (χ4n) is 3.97. The molecule has 0 amide bonds. The second-order valence-electron chi connectivity index (χ2n) is 7.93. The molecule has 5 rings (SSSR count). The van der Waals surface area contributed by atoms with Crippen LogP contribution in [0.15, 0.2) is 47.5 Å². The Labute approximate surface area is 182 Å². The van der Waals surface area contributed by atoms with Gasteiger partial charge >= 0.3 is 0 Å². The Morgan fingerprint density at radius 2 is 1.84 bits per heavy atom. The average molecular weight is 434 g/mol. The lowest BCUT2D eigenvalue weighted by atomic mass is 10.0. The zero-order valence-corrected chi connectivity index (χ0v) is 17.6. The second-order valence-corrected chi connectivity index (χ2v) is 7.93. The molecule has 0 N–H and O–H groups in total. The first-order valence-electron chi connectivity index (χ1n) is 10.2. The second kappa shape index (κ2) is 7.74. The van der Waals surface area contributed by atoms with Gasteiger partial charge in [-0.15, -0.1) is 5.10 Å². The molecule has 0 saturated heterocycles. The van der Waals surface area contributed by atoms with Crippen molar-refractivity contribution in [2.24, 2.45) is 0 Å². The van der Waals surface area contributed by atoms with Crippen LogP contribution in [-0.2, 0) is 13.0 Å². The minimum absolute atomic E-state index is 0.113. The highest BCUT2D eigenvalue weighted by Crippen LogP contribution is 2.28. The smallest absolute Gasteiger partial charge is 0.280 e. The molecule has 0 fully saturated rings. The number of fused-ring (bicyclic) bond motifs is 2. The first-order valence-corrected chi connectivity index (χ1v) is 10.2. The van der Waals surface area contributed by atoms with E-state index in [1.807, 2.05) is 38.4 Å². The van der Waals surface area contributed by atoms with Crippen LogP contribution in [0.2, 0.25) is 0 Å². The summed E-state index contributed by atoms with van der Waals surface area (Å²) in [6, 6.07) is 8.56. The Balaban J connectivity index is 1.51. The minimum Gasteiger partial charge on any atom is -0.350 e. The van der Waals surface area contributed by atoms with Gasteiger partial charge in [0.2, 0.25) is 0 Å². The van der Waals surface area contributed by atoms with Crippen LogP contribution in [0.25, 0.3) is 16.8 Å². The van der Waals surface area contributed by atoms with Crippen LogP contribution in [0.4, 0.5) is 14.6 Å². The lowest BCUT2D eigenvalue weighted by Gasteiger charge is -2.30. The van der Waals surface area contributed by atoms with Gasteiger partial charge in [0.15, 0.2) is 11.5 Å². The van der Waals surface area contributed by atoms with Crippen molar-refractivity contribution in [1.29, 1.82) is 0 Å². The molecule has 162 valence electrons. The molecule has 32 heavy (non-hydrogen) atoms. The van der Waals surface area contributed by atoms with Crippen molar-refractivity contribution < 1.29 is 8.78 Å². The summed E-state index contributed by atoms with van der Waals surface area (Å²) in [6.07, 6.45) is 1.63. The van der Waals surface area contributed by atoms with Crippen molar-refractivity contribution in [1.82, 2.24) is 24.6 Å². The summed E-state index contributed by atoms with van der Waals surface area (Å²) >= 11 is 0. The number of alkyl halides is 2. The number of rotatable bonds is 3. The number of hydrogen-bond acceptors (Lipinski definition) is 6. The van der Waals surface area contributed by atoms with Gasteiger partial charge in [-0.2, -0.15) is 4.52 Å². The van der Waals surface area contributed by atoms with Crippen molar-refractivity contribution in [3.63, 3.8) is 0 Å². The van der Waals surface area contributed by atoms with E-state index in [-0.39, 0.29) is 5.65 Å². The van der Waals surface area contributed by atoms with Gasteiger partial charge < -0.3 is 4.90 Å². The largest absolute Gasteiger partial charge is 0.350 e. The third-order valence-electron chi connectivity index (χ3n) is 5.64. The average Bonchev–Trinajstić information content (AvgIpc) is 2.78. The Bertz CT molecular complexity index is 1380. The summed E-state index contributed by atoms with van der Waals surface area (Å²) in [6.45, 7) is 5.04.